The first-order valence-corrected chi connectivity index (χ1v) is 5.02. The number of hydrogen-bond acceptors (Lipinski definition) is 3. The van der Waals surface area contributed by atoms with Gasteiger partial charge < -0.3 is 5.73 Å². The van der Waals surface area contributed by atoms with Gasteiger partial charge in [0.2, 0.25) is 5.91 Å². The molecule has 0 saturated heterocycles. The van der Waals surface area contributed by atoms with Crippen LogP contribution in [0.25, 0.3) is 0 Å². The molecule has 0 aromatic carbocycles. The summed E-state index contributed by atoms with van der Waals surface area (Å²) in [7, 11) is 1.75. The largest absolute Gasteiger partial charge is 0.369 e. The summed E-state index contributed by atoms with van der Waals surface area (Å²) in [6.07, 6.45) is 0. The number of rotatable bonds is 4. The number of primary amides is 1. The zero-order chi connectivity index (χ0) is 11.4. The second-order valence-electron chi connectivity index (χ2n) is 3.20. The molecular weight excluding hydrogens is 237 g/mol. The maximum Gasteiger partial charge on any atom is 0.231 e. The van der Waals surface area contributed by atoms with Gasteiger partial charge in [-0.25, -0.2) is 4.98 Å². The minimum Gasteiger partial charge on any atom is -0.369 e. The van der Waals surface area contributed by atoms with Crippen LogP contribution in [0.2, 0.25) is 10.2 Å². The smallest absolute Gasteiger partial charge is 0.231 e. The van der Waals surface area contributed by atoms with E-state index in [1.165, 1.54) is 0 Å². The Morgan fingerprint density at radius 3 is 2.80 bits per heavy atom. The molecule has 1 heterocycles. The van der Waals surface area contributed by atoms with E-state index < -0.39 is 5.91 Å². The molecule has 2 N–H and O–H groups in total. The summed E-state index contributed by atoms with van der Waals surface area (Å²) in [6.45, 7) is 0.590. The maximum atomic E-state index is 10.7. The molecule has 82 valence electrons. The Labute approximate surface area is 98.0 Å². The zero-order valence-electron chi connectivity index (χ0n) is 8.20. The van der Waals surface area contributed by atoms with Crippen molar-refractivity contribution in [1.29, 1.82) is 0 Å². The van der Waals surface area contributed by atoms with Crippen LogP contribution in [0.1, 0.15) is 5.69 Å². The number of hydrogen-bond donors (Lipinski definition) is 1. The van der Waals surface area contributed by atoms with Gasteiger partial charge in [0.05, 0.1) is 17.3 Å². The molecule has 0 saturated carbocycles. The van der Waals surface area contributed by atoms with Gasteiger partial charge in [-0.05, 0) is 19.2 Å². The van der Waals surface area contributed by atoms with E-state index in [1.54, 1.807) is 24.1 Å². The number of pyridine rings is 1. The average Bonchev–Trinajstić information content (AvgIpc) is 2.10. The number of amides is 1. The van der Waals surface area contributed by atoms with E-state index in [4.69, 9.17) is 28.9 Å². The molecule has 0 fully saturated rings. The van der Waals surface area contributed by atoms with Gasteiger partial charge in [-0.2, -0.15) is 0 Å². The summed E-state index contributed by atoms with van der Waals surface area (Å²) in [4.78, 5) is 16.4. The van der Waals surface area contributed by atoms with Crippen LogP contribution in [0.5, 0.6) is 0 Å². The summed E-state index contributed by atoms with van der Waals surface area (Å²) in [6, 6.07) is 3.28. The quantitative estimate of drug-likeness (QED) is 0.817. The van der Waals surface area contributed by atoms with Crippen LogP contribution < -0.4 is 5.73 Å². The molecule has 0 aliphatic carbocycles. The molecule has 1 rings (SSSR count). The molecule has 6 heteroatoms. The van der Waals surface area contributed by atoms with Crippen molar-refractivity contribution in [2.45, 2.75) is 6.54 Å². The second-order valence-corrected chi connectivity index (χ2v) is 4.00. The van der Waals surface area contributed by atoms with E-state index in [0.717, 1.165) is 0 Å². The third-order valence-corrected chi connectivity index (χ3v) is 2.28. The normalized spacial score (nSPS) is 10.7. The Morgan fingerprint density at radius 2 is 2.20 bits per heavy atom. The molecule has 0 radical (unpaired) electrons. The molecule has 0 atom stereocenters. The van der Waals surface area contributed by atoms with Crippen molar-refractivity contribution in [1.82, 2.24) is 9.88 Å². The second kappa shape index (κ2) is 5.30. The van der Waals surface area contributed by atoms with E-state index in [0.29, 0.717) is 22.4 Å². The molecule has 0 unspecified atom stereocenters. The van der Waals surface area contributed by atoms with Gasteiger partial charge in [-0.15, -0.1) is 0 Å². The van der Waals surface area contributed by atoms with Crippen molar-refractivity contribution in [2.75, 3.05) is 13.6 Å². The molecule has 0 aliphatic heterocycles. The summed E-state index contributed by atoms with van der Waals surface area (Å²) in [5.41, 5.74) is 5.69. The lowest BCUT2D eigenvalue weighted by molar-refractivity contribution is -0.118. The van der Waals surface area contributed by atoms with E-state index >= 15 is 0 Å². The minimum atomic E-state index is -0.393. The highest BCUT2D eigenvalue weighted by molar-refractivity contribution is 6.32. The number of nitrogens with two attached hydrogens (primary N) is 1. The number of carbonyl (C=O) groups is 1. The number of carbonyl (C=O) groups excluding carboxylic acids is 1. The van der Waals surface area contributed by atoms with E-state index in [-0.39, 0.29) is 6.54 Å². The third kappa shape index (κ3) is 4.03. The predicted molar refractivity (Wildman–Crippen MR) is 59.8 cm³/mol. The average molecular weight is 248 g/mol. The number of likely N-dealkylation sites (N-methyl/N-ethyl adjacent to an activating group) is 1. The molecule has 4 nitrogen and oxygen atoms in total. The van der Waals surface area contributed by atoms with Crippen molar-refractivity contribution in [3.05, 3.63) is 28.0 Å². The summed E-state index contributed by atoms with van der Waals surface area (Å²) in [5.74, 6) is -0.393. The molecule has 1 amide bonds. The predicted octanol–water partition coefficient (Wildman–Crippen LogP) is 1.31. The number of halogens is 2. The minimum absolute atomic E-state index is 0.157. The van der Waals surface area contributed by atoms with Gasteiger partial charge in [-0.3, -0.25) is 9.69 Å². The first kappa shape index (κ1) is 12.2. The topological polar surface area (TPSA) is 59.2 Å². The molecular formula is C9H11Cl2N3O. The zero-order valence-corrected chi connectivity index (χ0v) is 9.72. The molecule has 0 spiro atoms. The lowest BCUT2D eigenvalue weighted by Gasteiger charge is -2.14. The first-order valence-electron chi connectivity index (χ1n) is 4.27. The summed E-state index contributed by atoms with van der Waals surface area (Å²) < 4.78 is 0. The van der Waals surface area contributed by atoms with E-state index in [2.05, 4.69) is 4.98 Å². The van der Waals surface area contributed by atoms with Gasteiger partial charge in [0.1, 0.15) is 5.15 Å². The Morgan fingerprint density at radius 1 is 1.53 bits per heavy atom. The van der Waals surface area contributed by atoms with Crippen LogP contribution in [0.4, 0.5) is 0 Å². The molecule has 1 aromatic heterocycles. The van der Waals surface area contributed by atoms with Gasteiger partial charge in [0.25, 0.3) is 0 Å². The fraction of sp³-hybridized carbons (Fsp3) is 0.333. The molecule has 0 bridgehead atoms. The van der Waals surface area contributed by atoms with Crippen LogP contribution in [-0.4, -0.2) is 29.4 Å². The highest BCUT2D eigenvalue weighted by atomic mass is 35.5. The van der Waals surface area contributed by atoms with Crippen molar-refractivity contribution < 1.29 is 4.79 Å². The van der Waals surface area contributed by atoms with Crippen LogP contribution in [0, 0.1) is 0 Å². The molecule has 1 aromatic rings. The van der Waals surface area contributed by atoms with Crippen LogP contribution in [0.3, 0.4) is 0 Å². The number of nitrogens with zero attached hydrogens (tertiary/aromatic N) is 2. The van der Waals surface area contributed by atoms with E-state index in [9.17, 15) is 4.79 Å². The van der Waals surface area contributed by atoms with E-state index in [1.807, 2.05) is 0 Å². The van der Waals surface area contributed by atoms with Crippen molar-refractivity contribution in [3.8, 4) is 0 Å². The van der Waals surface area contributed by atoms with Gasteiger partial charge in [0.15, 0.2) is 0 Å². The lowest BCUT2D eigenvalue weighted by atomic mass is 10.3. The van der Waals surface area contributed by atoms with Crippen molar-refractivity contribution >= 4 is 29.1 Å². The lowest BCUT2D eigenvalue weighted by Crippen LogP contribution is -2.30. The first-order chi connectivity index (χ1) is 6.99. The highest BCUT2D eigenvalue weighted by Gasteiger charge is 2.08. The Balaban J connectivity index is 2.71. The van der Waals surface area contributed by atoms with Gasteiger partial charge in [0, 0.05) is 6.54 Å². The fourth-order valence-electron chi connectivity index (χ4n) is 1.15. The van der Waals surface area contributed by atoms with Crippen LogP contribution in [-0.2, 0) is 11.3 Å². The number of aromatic nitrogens is 1. The molecule has 15 heavy (non-hydrogen) atoms. The Hall–Kier alpha value is -0.840. The standard InChI is InChI=1S/C9H11Cl2N3O/c1-14(5-9(12)15)4-7-6(10)2-3-8(11)13-7/h2-3H,4-5H2,1H3,(H2,12,15). The summed E-state index contributed by atoms with van der Waals surface area (Å²) >= 11 is 11.6. The Kier molecular flexibility index (Phi) is 4.32. The van der Waals surface area contributed by atoms with Gasteiger partial charge in [-0.1, -0.05) is 23.2 Å². The van der Waals surface area contributed by atoms with Crippen molar-refractivity contribution in [3.63, 3.8) is 0 Å². The SMILES string of the molecule is CN(CC(N)=O)Cc1nc(Cl)ccc1Cl. The fourth-order valence-corrected chi connectivity index (χ4v) is 1.48. The Bertz CT molecular complexity index is 370. The molecule has 0 aliphatic rings. The highest BCUT2D eigenvalue weighted by Crippen LogP contribution is 2.17. The monoisotopic (exact) mass is 247 g/mol. The third-order valence-electron chi connectivity index (χ3n) is 1.73. The van der Waals surface area contributed by atoms with Gasteiger partial charge >= 0.3 is 0 Å². The van der Waals surface area contributed by atoms with Crippen LogP contribution >= 0.6 is 23.2 Å². The van der Waals surface area contributed by atoms with Crippen molar-refractivity contribution in [2.24, 2.45) is 5.73 Å². The summed E-state index contributed by atoms with van der Waals surface area (Å²) in [5, 5.41) is 0.901. The van der Waals surface area contributed by atoms with Crippen LogP contribution in [0.15, 0.2) is 12.1 Å². The maximum absolute atomic E-state index is 10.7.